The summed E-state index contributed by atoms with van der Waals surface area (Å²) in [5, 5.41) is 13.1. The van der Waals surface area contributed by atoms with Crippen molar-refractivity contribution >= 4 is 56.5 Å². The first kappa shape index (κ1) is 11.6. The molecule has 0 amide bonds. The summed E-state index contributed by atoms with van der Waals surface area (Å²) in [6, 6.07) is 8.00. The van der Waals surface area contributed by atoms with Crippen molar-refractivity contribution in [3.05, 3.63) is 42.3 Å². The van der Waals surface area contributed by atoms with Crippen LogP contribution in [0.15, 0.2) is 29.0 Å². The minimum absolute atomic E-state index is 0.559. The Hall–Kier alpha value is -0.840. The second-order valence-electron chi connectivity index (χ2n) is 3.02. The largest absolute Gasteiger partial charge is 0.397 e. The van der Waals surface area contributed by atoms with E-state index in [1.54, 1.807) is 11.3 Å². The molecule has 80 valence electrons. The highest BCUT2D eigenvalue weighted by Gasteiger charge is 2.10. The molecule has 0 fully saturated rings. The third-order valence-electron chi connectivity index (χ3n) is 2.03. The number of allylic oxidation sites excluding steroid dienone is 1. The first-order valence-corrected chi connectivity index (χ1v) is 7.24. The lowest BCUT2D eigenvalue weighted by atomic mass is 10.1. The third-order valence-corrected chi connectivity index (χ3v) is 4.70. The number of nitrogens with zero attached hydrogens (tertiary/aromatic N) is 1. The normalized spacial score (nSPS) is 12.0. The molecule has 0 radical (unpaired) electrons. The Bertz CT molecular complexity index is 561. The van der Waals surface area contributed by atoms with Gasteiger partial charge in [-0.3, -0.25) is 0 Å². The number of halogens is 1. The fourth-order valence-electron chi connectivity index (χ4n) is 1.26. The number of nitrogens with two attached hydrogens (primary N) is 1. The third kappa shape index (κ3) is 2.29. The molecule has 0 saturated carbocycles. The Morgan fingerprint density at radius 1 is 1.44 bits per heavy atom. The van der Waals surface area contributed by atoms with Gasteiger partial charge in [0.15, 0.2) is 0 Å². The van der Waals surface area contributed by atoms with Crippen LogP contribution >= 0.6 is 45.3 Å². The van der Waals surface area contributed by atoms with Crippen LogP contribution in [0.1, 0.15) is 10.4 Å². The van der Waals surface area contributed by atoms with Gasteiger partial charge in [0, 0.05) is 15.8 Å². The quantitative estimate of drug-likeness (QED) is 0.656. The zero-order chi connectivity index (χ0) is 11.5. The van der Waals surface area contributed by atoms with Crippen molar-refractivity contribution in [2.45, 2.75) is 0 Å². The van der Waals surface area contributed by atoms with E-state index in [1.807, 2.05) is 29.0 Å². The summed E-state index contributed by atoms with van der Waals surface area (Å²) in [5.41, 5.74) is 8.07. The van der Waals surface area contributed by atoms with Gasteiger partial charge in [-0.2, -0.15) is 5.26 Å². The van der Waals surface area contributed by atoms with Crippen LogP contribution in [0.4, 0.5) is 0 Å². The average molecular weight is 358 g/mol. The molecule has 2 N–H and O–H groups in total. The van der Waals surface area contributed by atoms with Gasteiger partial charge in [0.25, 0.3) is 0 Å². The monoisotopic (exact) mass is 358 g/mol. The Kier molecular flexibility index (Phi) is 3.63. The van der Waals surface area contributed by atoms with Gasteiger partial charge in [0.1, 0.15) is 6.07 Å². The van der Waals surface area contributed by atoms with E-state index < -0.39 is 0 Å². The molecule has 2 aromatic heterocycles. The molecule has 0 aliphatic rings. The molecule has 0 aliphatic carbocycles. The first-order valence-electron chi connectivity index (χ1n) is 4.40. The summed E-state index contributed by atoms with van der Waals surface area (Å²) in [4.78, 5) is 0.918. The molecule has 2 nitrogen and oxygen atoms in total. The van der Waals surface area contributed by atoms with Crippen molar-refractivity contribution in [2.24, 2.45) is 5.73 Å². The van der Waals surface area contributed by atoms with Crippen LogP contribution in [0.3, 0.4) is 0 Å². The summed E-state index contributed by atoms with van der Waals surface area (Å²) < 4.78 is 1.17. The van der Waals surface area contributed by atoms with Crippen LogP contribution in [0.25, 0.3) is 11.3 Å². The van der Waals surface area contributed by atoms with Crippen molar-refractivity contribution in [2.75, 3.05) is 0 Å². The Morgan fingerprint density at radius 2 is 2.25 bits per heavy atom. The van der Waals surface area contributed by atoms with Gasteiger partial charge in [-0.25, -0.2) is 0 Å². The highest BCUT2D eigenvalue weighted by Crippen LogP contribution is 2.28. The molecule has 0 aromatic carbocycles. The van der Waals surface area contributed by atoms with Crippen LogP contribution in [-0.4, -0.2) is 0 Å². The molecule has 16 heavy (non-hydrogen) atoms. The van der Waals surface area contributed by atoms with E-state index in [4.69, 9.17) is 11.0 Å². The Balaban J connectivity index is 2.51. The number of hydrogen-bond donors (Lipinski definition) is 1. The smallest absolute Gasteiger partial charge is 0.103 e. The second-order valence-corrected chi connectivity index (χ2v) is 6.77. The molecular weight excluding hydrogens is 351 g/mol. The van der Waals surface area contributed by atoms with Crippen LogP contribution in [-0.2, 0) is 0 Å². The molecule has 2 heterocycles. The minimum atomic E-state index is 0.559. The lowest BCUT2D eigenvalue weighted by Gasteiger charge is -2.00. The van der Waals surface area contributed by atoms with Crippen LogP contribution in [0, 0.1) is 14.2 Å². The predicted octanol–water partition coefficient (Wildman–Crippen LogP) is 3.76. The molecule has 5 heteroatoms. The van der Waals surface area contributed by atoms with Crippen LogP contribution in [0.5, 0.6) is 0 Å². The molecule has 2 aromatic rings. The molecule has 0 spiro atoms. The van der Waals surface area contributed by atoms with Crippen LogP contribution in [0.2, 0.25) is 0 Å². The average Bonchev–Trinajstić information content (AvgIpc) is 2.90. The number of hydrogen-bond acceptors (Lipinski definition) is 4. The molecule has 0 saturated heterocycles. The second kappa shape index (κ2) is 4.99. The molecular formula is C11H7IN2S2. The van der Waals surface area contributed by atoms with E-state index in [1.165, 1.54) is 14.2 Å². The van der Waals surface area contributed by atoms with Crippen LogP contribution < -0.4 is 5.73 Å². The van der Waals surface area contributed by atoms with Gasteiger partial charge in [-0.15, -0.1) is 22.7 Å². The fraction of sp³-hybridized carbons (Fsp3) is 0. The highest BCUT2D eigenvalue weighted by molar-refractivity contribution is 14.1. The lowest BCUT2D eigenvalue weighted by Crippen LogP contribution is -1.98. The SMILES string of the molecule is N#C/C(=C(/N)c1csc(I)c1)c1cccs1. The van der Waals surface area contributed by atoms with Gasteiger partial charge in [-0.1, -0.05) is 6.07 Å². The Morgan fingerprint density at radius 3 is 2.75 bits per heavy atom. The van der Waals surface area contributed by atoms with Gasteiger partial charge >= 0.3 is 0 Å². The summed E-state index contributed by atoms with van der Waals surface area (Å²) >= 11 is 5.39. The van der Waals surface area contributed by atoms with E-state index in [-0.39, 0.29) is 0 Å². The van der Waals surface area contributed by atoms with Gasteiger partial charge in [0.2, 0.25) is 0 Å². The zero-order valence-electron chi connectivity index (χ0n) is 8.11. The number of nitriles is 1. The maximum atomic E-state index is 9.16. The molecule has 0 bridgehead atoms. The predicted molar refractivity (Wildman–Crippen MR) is 78.0 cm³/mol. The number of rotatable bonds is 2. The van der Waals surface area contributed by atoms with Crippen molar-refractivity contribution in [3.63, 3.8) is 0 Å². The van der Waals surface area contributed by atoms with E-state index in [2.05, 4.69) is 28.7 Å². The van der Waals surface area contributed by atoms with Gasteiger partial charge in [-0.05, 0) is 40.1 Å². The minimum Gasteiger partial charge on any atom is -0.397 e. The maximum Gasteiger partial charge on any atom is 0.103 e. The van der Waals surface area contributed by atoms with Crippen molar-refractivity contribution in [1.29, 1.82) is 5.26 Å². The fourth-order valence-corrected chi connectivity index (χ4v) is 3.35. The summed E-state index contributed by atoms with van der Waals surface area (Å²) in [5.74, 6) is 0. The lowest BCUT2D eigenvalue weighted by molar-refractivity contribution is 1.51. The van der Waals surface area contributed by atoms with Gasteiger partial charge < -0.3 is 5.73 Å². The van der Waals surface area contributed by atoms with Gasteiger partial charge in [0.05, 0.1) is 14.2 Å². The molecule has 2 rings (SSSR count). The number of thiophene rings is 2. The molecule has 0 atom stereocenters. The van der Waals surface area contributed by atoms with E-state index in [9.17, 15) is 0 Å². The summed E-state index contributed by atoms with van der Waals surface area (Å²) in [7, 11) is 0. The van der Waals surface area contributed by atoms with E-state index >= 15 is 0 Å². The zero-order valence-corrected chi connectivity index (χ0v) is 11.9. The van der Waals surface area contributed by atoms with Crippen molar-refractivity contribution in [3.8, 4) is 6.07 Å². The summed E-state index contributed by atoms with van der Waals surface area (Å²) in [6.45, 7) is 0. The molecule has 0 aliphatic heterocycles. The van der Waals surface area contributed by atoms with Crippen molar-refractivity contribution in [1.82, 2.24) is 0 Å². The standard InChI is InChI=1S/C11H7IN2S2/c12-10-4-7(6-16-10)11(14)8(5-13)9-2-1-3-15-9/h1-4,6H,14H2/b11-8-. The highest BCUT2D eigenvalue weighted by atomic mass is 127. The summed E-state index contributed by atoms with van der Waals surface area (Å²) in [6.07, 6.45) is 0. The van der Waals surface area contributed by atoms with Crippen molar-refractivity contribution < 1.29 is 0 Å². The first-order chi connectivity index (χ1) is 7.72. The Labute approximate surface area is 115 Å². The maximum absolute atomic E-state index is 9.16. The van der Waals surface area contributed by atoms with E-state index in [0.717, 1.165) is 10.4 Å². The molecule has 0 unspecified atom stereocenters. The van der Waals surface area contributed by atoms with E-state index in [0.29, 0.717) is 11.3 Å². The topological polar surface area (TPSA) is 49.8 Å².